The van der Waals surface area contributed by atoms with Crippen LogP contribution in [0.4, 0.5) is 4.39 Å². The highest BCUT2D eigenvalue weighted by molar-refractivity contribution is 6.35. The molecule has 0 aliphatic heterocycles. The van der Waals surface area contributed by atoms with Crippen molar-refractivity contribution < 1.29 is 4.39 Å². The van der Waals surface area contributed by atoms with E-state index in [1.165, 1.54) is 12.1 Å². The fourth-order valence-corrected chi connectivity index (χ4v) is 2.94. The van der Waals surface area contributed by atoms with Crippen LogP contribution in [0.15, 0.2) is 30.3 Å². The van der Waals surface area contributed by atoms with Crippen molar-refractivity contribution in [2.24, 2.45) is 5.73 Å². The SMILES string of the molecule is Cc1ccc(C)c(C(C)(N)c2cc(F)c(Cl)cc2Cl)c1. The standard InChI is InChI=1S/C16H16Cl2FN/c1-9-4-5-10(2)11(6-9)16(3,20)12-7-15(19)14(18)8-13(12)17/h4-8H,20H2,1-3H3. The van der Waals surface area contributed by atoms with Gasteiger partial charge in [0.25, 0.3) is 0 Å². The van der Waals surface area contributed by atoms with Gasteiger partial charge in [-0.15, -0.1) is 0 Å². The lowest BCUT2D eigenvalue weighted by molar-refractivity contribution is 0.579. The number of rotatable bonds is 2. The van der Waals surface area contributed by atoms with E-state index in [2.05, 4.69) is 0 Å². The van der Waals surface area contributed by atoms with Crippen LogP contribution in [-0.4, -0.2) is 0 Å². The zero-order valence-corrected chi connectivity index (χ0v) is 13.1. The molecule has 20 heavy (non-hydrogen) atoms. The third-order valence-corrected chi connectivity index (χ3v) is 4.12. The summed E-state index contributed by atoms with van der Waals surface area (Å²) in [6, 6.07) is 8.71. The van der Waals surface area contributed by atoms with E-state index in [1.54, 1.807) is 0 Å². The molecule has 0 radical (unpaired) electrons. The lowest BCUT2D eigenvalue weighted by Crippen LogP contribution is -2.35. The molecule has 2 N–H and O–H groups in total. The summed E-state index contributed by atoms with van der Waals surface area (Å²) in [7, 11) is 0. The number of hydrogen-bond donors (Lipinski definition) is 1. The highest BCUT2D eigenvalue weighted by atomic mass is 35.5. The number of nitrogens with two attached hydrogens (primary N) is 1. The van der Waals surface area contributed by atoms with Crippen LogP contribution in [0.1, 0.15) is 29.2 Å². The Labute approximate surface area is 128 Å². The van der Waals surface area contributed by atoms with Gasteiger partial charge in [-0.2, -0.15) is 0 Å². The van der Waals surface area contributed by atoms with E-state index in [-0.39, 0.29) is 5.02 Å². The molecule has 0 spiro atoms. The van der Waals surface area contributed by atoms with Crippen molar-refractivity contribution in [1.29, 1.82) is 0 Å². The van der Waals surface area contributed by atoms with Gasteiger partial charge in [0.15, 0.2) is 0 Å². The molecule has 0 saturated heterocycles. The first-order valence-electron chi connectivity index (χ1n) is 6.25. The Kier molecular flexibility index (Phi) is 4.10. The highest BCUT2D eigenvalue weighted by Crippen LogP contribution is 2.36. The van der Waals surface area contributed by atoms with E-state index in [1.807, 2.05) is 39.0 Å². The molecule has 0 aromatic heterocycles. The van der Waals surface area contributed by atoms with Crippen LogP contribution in [0.2, 0.25) is 10.0 Å². The Morgan fingerprint density at radius 1 is 1.00 bits per heavy atom. The average molecular weight is 312 g/mol. The largest absolute Gasteiger partial charge is 0.318 e. The smallest absolute Gasteiger partial charge is 0.142 e. The second-order valence-electron chi connectivity index (χ2n) is 5.27. The Balaban J connectivity index is 2.66. The van der Waals surface area contributed by atoms with Gasteiger partial charge in [-0.25, -0.2) is 4.39 Å². The molecule has 1 unspecified atom stereocenters. The summed E-state index contributed by atoms with van der Waals surface area (Å²) in [6.07, 6.45) is 0. The van der Waals surface area contributed by atoms with Crippen molar-refractivity contribution in [2.75, 3.05) is 0 Å². The van der Waals surface area contributed by atoms with Gasteiger partial charge in [0, 0.05) is 5.02 Å². The lowest BCUT2D eigenvalue weighted by atomic mass is 9.82. The van der Waals surface area contributed by atoms with E-state index in [9.17, 15) is 4.39 Å². The predicted molar refractivity (Wildman–Crippen MR) is 83.0 cm³/mol. The number of benzene rings is 2. The first kappa shape index (κ1) is 15.3. The summed E-state index contributed by atoms with van der Waals surface area (Å²) < 4.78 is 13.7. The van der Waals surface area contributed by atoms with Gasteiger partial charge in [0.2, 0.25) is 0 Å². The summed E-state index contributed by atoms with van der Waals surface area (Å²) >= 11 is 11.9. The summed E-state index contributed by atoms with van der Waals surface area (Å²) in [5.74, 6) is -0.520. The van der Waals surface area contributed by atoms with Crippen LogP contribution in [0.3, 0.4) is 0 Å². The van der Waals surface area contributed by atoms with Gasteiger partial charge in [0.05, 0.1) is 10.6 Å². The van der Waals surface area contributed by atoms with Crippen LogP contribution in [0.5, 0.6) is 0 Å². The Morgan fingerprint density at radius 3 is 2.30 bits per heavy atom. The molecule has 0 aliphatic rings. The molecule has 1 nitrogen and oxygen atoms in total. The zero-order chi connectivity index (χ0) is 15.1. The molecule has 0 saturated carbocycles. The quantitative estimate of drug-likeness (QED) is 0.778. The molecule has 4 heteroatoms. The molecular weight excluding hydrogens is 296 g/mol. The van der Waals surface area contributed by atoms with Crippen molar-refractivity contribution >= 4 is 23.2 Å². The summed E-state index contributed by atoms with van der Waals surface area (Å²) in [6.45, 7) is 5.78. The van der Waals surface area contributed by atoms with Gasteiger partial charge < -0.3 is 5.73 Å². The van der Waals surface area contributed by atoms with Crippen LogP contribution in [-0.2, 0) is 5.54 Å². The molecule has 0 amide bonds. The summed E-state index contributed by atoms with van der Waals surface area (Å²) in [5.41, 5.74) is 9.13. The average Bonchev–Trinajstić information content (AvgIpc) is 2.36. The van der Waals surface area contributed by atoms with Gasteiger partial charge in [-0.05, 0) is 49.6 Å². The first-order chi connectivity index (χ1) is 9.23. The summed E-state index contributed by atoms with van der Waals surface area (Å²) in [4.78, 5) is 0. The second-order valence-corrected chi connectivity index (χ2v) is 6.08. The van der Waals surface area contributed by atoms with Crippen molar-refractivity contribution in [3.63, 3.8) is 0 Å². The second kappa shape index (κ2) is 5.36. The molecular formula is C16H16Cl2FN. The maximum Gasteiger partial charge on any atom is 0.142 e. The topological polar surface area (TPSA) is 26.0 Å². The van der Waals surface area contributed by atoms with Gasteiger partial charge >= 0.3 is 0 Å². The molecule has 0 heterocycles. The minimum atomic E-state index is -0.890. The zero-order valence-electron chi connectivity index (χ0n) is 11.6. The van der Waals surface area contributed by atoms with E-state index in [4.69, 9.17) is 28.9 Å². The number of aryl methyl sites for hydroxylation is 2. The van der Waals surface area contributed by atoms with Crippen LogP contribution < -0.4 is 5.73 Å². The predicted octanol–water partition coefficient (Wildman–Crippen LogP) is 4.97. The van der Waals surface area contributed by atoms with E-state index >= 15 is 0 Å². The Hall–Kier alpha value is -1.09. The fraction of sp³-hybridized carbons (Fsp3) is 0.250. The minimum Gasteiger partial charge on any atom is -0.318 e. The van der Waals surface area contributed by atoms with E-state index in [0.717, 1.165) is 16.7 Å². The minimum absolute atomic E-state index is 0.00415. The maximum atomic E-state index is 13.7. The van der Waals surface area contributed by atoms with Gasteiger partial charge in [-0.1, -0.05) is 47.0 Å². The molecule has 1 atom stereocenters. The van der Waals surface area contributed by atoms with Gasteiger partial charge in [-0.3, -0.25) is 0 Å². The first-order valence-corrected chi connectivity index (χ1v) is 7.00. The molecule has 0 aliphatic carbocycles. The molecule has 2 aromatic rings. The normalized spacial score (nSPS) is 14.2. The van der Waals surface area contributed by atoms with Crippen molar-refractivity contribution in [1.82, 2.24) is 0 Å². The highest BCUT2D eigenvalue weighted by Gasteiger charge is 2.29. The molecule has 2 aromatic carbocycles. The van der Waals surface area contributed by atoms with Crippen LogP contribution >= 0.6 is 23.2 Å². The molecule has 2 rings (SSSR count). The maximum absolute atomic E-state index is 13.7. The third-order valence-electron chi connectivity index (χ3n) is 3.52. The van der Waals surface area contributed by atoms with Crippen LogP contribution in [0.25, 0.3) is 0 Å². The molecule has 0 fully saturated rings. The van der Waals surface area contributed by atoms with Crippen LogP contribution in [0, 0.1) is 19.7 Å². The van der Waals surface area contributed by atoms with Crippen molar-refractivity contribution in [3.05, 3.63) is 68.4 Å². The number of halogens is 3. The Morgan fingerprint density at radius 2 is 1.65 bits per heavy atom. The molecule has 106 valence electrons. The lowest BCUT2D eigenvalue weighted by Gasteiger charge is -2.29. The van der Waals surface area contributed by atoms with E-state index in [0.29, 0.717) is 10.6 Å². The van der Waals surface area contributed by atoms with Crippen molar-refractivity contribution in [3.8, 4) is 0 Å². The monoisotopic (exact) mass is 311 g/mol. The Bertz CT molecular complexity index is 666. The number of hydrogen-bond acceptors (Lipinski definition) is 1. The molecule has 0 bridgehead atoms. The van der Waals surface area contributed by atoms with Gasteiger partial charge in [0.1, 0.15) is 5.82 Å². The fourth-order valence-electron chi connectivity index (χ4n) is 2.36. The third kappa shape index (κ3) is 2.69. The summed E-state index contributed by atoms with van der Waals surface area (Å²) in [5, 5.41) is 0.359. The van der Waals surface area contributed by atoms with Crippen molar-refractivity contribution in [2.45, 2.75) is 26.3 Å². The van der Waals surface area contributed by atoms with E-state index < -0.39 is 11.4 Å².